The van der Waals surface area contributed by atoms with Crippen molar-refractivity contribution in [2.75, 3.05) is 12.4 Å². The van der Waals surface area contributed by atoms with Crippen LogP contribution in [-0.4, -0.2) is 12.4 Å². The second-order valence-corrected chi connectivity index (χ2v) is 3.60. The van der Waals surface area contributed by atoms with Crippen molar-refractivity contribution in [3.63, 3.8) is 0 Å². The predicted octanol–water partition coefficient (Wildman–Crippen LogP) is 3.36. The molecular formula is C11H14OS. The molecule has 0 atom stereocenters. The summed E-state index contributed by atoms with van der Waals surface area (Å²) in [6, 6.07) is 8.12. The third-order valence-electron chi connectivity index (χ3n) is 1.48. The van der Waals surface area contributed by atoms with E-state index in [1.807, 2.05) is 25.1 Å². The van der Waals surface area contributed by atoms with Crippen LogP contribution in [0.15, 0.2) is 41.8 Å². The van der Waals surface area contributed by atoms with E-state index in [0.717, 1.165) is 18.1 Å². The molecule has 0 amide bonds. The Morgan fingerprint density at radius 2 is 2.38 bits per heavy atom. The fourth-order valence-corrected chi connectivity index (χ4v) is 1.66. The van der Waals surface area contributed by atoms with Gasteiger partial charge in [-0.25, -0.2) is 0 Å². The monoisotopic (exact) mass is 194 g/mol. The van der Waals surface area contributed by atoms with Crippen LogP contribution in [0, 0.1) is 0 Å². The van der Waals surface area contributed by atoms with Crippen molar-refractivity contribution >= 4 is 11.8 Å². The molecule has 1 rings (SSSR count). The molecule has 70 valence electrons. The van der Waals surface area contributed by atoms with Crippen molar-refractivity contribution in [2.24, 2.45) is 0 Å². The number of ether oxygens (including phenoxy) is 1. The van der Waals surface area contributed by atoms with Crippen LogP contribution >= 0.6 is 11.8 Å². The highest BCUT2D eigenvalue weighted by Gasteiger charge is 1.95. The summed E-state index contributed by atoms with van der Waals surface area (Å²) in [5, 5.41) is 0. The number of hydrogen-bond donors (Lipinski definition) is 0. The van der Waals surface area contributed by atoms with Crippen molar-refractivity contribution in [3.8, 4) is 5.75 Å². The molecule has 1 aromatic rings. The normalized spacial score (nSPS) is 9.62. The van der Waals surface area contributed by atoms with Crippen LogP contribution in [0.25, 0.3) is 0 Å². The molecule has 2 heteroatoms. The van der Waals surface area contributed by atoms with Crippen molar-refractivity contribution in [1.82, 2.24) is 0 Å². The first-order valence-electron chi connectivity index (χ1n) is 4.33. The maximum absolute atomic E-state index is 5.39. The lowest BCUT2D eigenvalue weighted by atomic mass is 10.3. The highest BCUT2D eigenvalue weighted by molar-refractivity contribution is 7.99. The van der Waals surface area contributed by atoms with Gasteiger partial charge in [0.2, 0.25) is 0 Å². The van der Waals surface area contributed by atoms with E-state index >= 15 is 0 Å². The largest absolute Gasteiger partial charge is 0.494 e. The van der Waals surface area contributed by atoms with Crippen molar-refractivity contribution in [3.05, 3.63) is 36.9 Å². The van der Waals surface area contributed by atoms with Crippen molar-refractivity contribution < 1.29 is 4.74 Å². The lowest BCUT2D eigenvalue weighted by molar-refractivity contribution is 0.339. The first-order valence-corrected chi connectivity index (χ1v) is 5.32. The van der Waals surface area contributed by atoms with Crippen LogP contribution in [0.2, 0.25) is 0 Å². The average Bonchev–Trinajstić information content (AvgIpc) is 2.16. The summed E-state index contributed by atoms with van der Waals surface area (Å²) < 4.78 is 5.39. The van der Waals surface area contributed by atoms with Gasteiger partial charge in [0.15, 0.2) is 0 Å². The molecule has 0 bridgehead atoms. The molecule has 0 saturated heterocycles. The molecule has 0 radical (unpaired) electrons. The Bertz CT molecular complexity index is 271. The highest BCUT2D eigenvalue weighted by Crippen LogP contribution is 2.22. The maximum Gasteiger partial charge on any atom is 0.120 e. The van der Waals surface area contributed by atoms with E-state index in [1.54, 1.807) is 11.8 Å². The molecule has 1 nitrogen and oxygen atoms in total. The Morgan fingerprint density at radius 1 is 1.54 bits per heavy atom. The average molecular weight is 194 g/mol. The zero-order valence-electron chi connectivity index (χ0n) is 7.82. The van der Waals surface area contributed by atoms with Gasteiger partial charge in [-0.3, -0.25) is 0 Å². The lowest BCUT2D eigenvalue weighted by Gasteiger charge is -2.04. The molecule has 13 heavy (non-hydrogen) atoms. The van der Waals surface area contributed by atoms with E-state index in [4.69, 9.17) is 4.74 Å². The van der Waals surface area contributed by atoms with Gasteiger partial charge < -0.3 is 4.74 Å². The summed E-state index contributed by atoms with van der Waals surface area (Å²) in [4.78, 5) is 1.23. The first kappa shape index (κ1) is 10.2. The zero-order valence-corrected chi connectivity index (χ0v) is 8.64. The van der Waals surface area contributed by atoms with E-state index in [1.165, 1.54) is 4.90 Å². The van der Waals surface area contributed by atoms with E-state index in [9.17, 15) is 0 Å². The molecule has 0 saturated carbocycles. The molecular weight excluding hydrogens is 180 g/mol. The number of thioether (sulfide) groups is 1. The van der Waals surface area contributed by atoms with Gasteiger partial charge in [0.05, 0.1) is 6.61 Å². The van der Waals surface area contributed by atoms with E-state index in [0.29, 0.717) is 0 Å². The fraction of sp³-hybridized carbons (Fsp3) is 0.273. The Labute approximate surface area is 83.8 Å². The van der Waals surface area contributed by atoms with Crippen LogP contribution in [0.5, 0.6) is 5.75 Å². The first-order chi connectivity index (χ1) is 6.36. The Morgan fingerprint density at radius 3 is 3.08 bits per heavy atom. The molecule has 0 spiro atoms. The van der Waals surface area contributed by atoms with Gasteiger partial charge in [0.1, 0.15) is 5.75 Å². The Kier molecular flexibility index (Phi) is 4.47. The summed E-state index contributed by atoms with van der Waals surface area (Å²) in [5.41, 5.74) is 0. The number of benzene rings is 1. The summed E-state index contributed by atoms with van der Waals surface area (Å²) >= 11 is 1.76. The molecule has 0 aliphatic rings. The topological polar surface area (TPSA) is 9.23 Å². The lowest BCUT2D eigenvalue weighted by Crippen LogP contribution is -1.90. The standard InChI is InChI=1S/C11H14OS/c1-3-8-13-11-7-5-6-10(9-11)12-4-2/h3,5-7,9H,1,4,8H2,2H3. The van der Waals surface area contributed by atoms with Gasteiger partial charge >= 0.3 is 0 Å². The van der Waals surface area contributed by atoms with Crippen LogP contribution in [-0.2, 0) is 0 Å². The van der Waals surface area contributed by atoms with E-state index in [-0.39, 0.29) is 0 Å². The summed E-state index contributed by atoms with van der Waals surface area (Å²) in [6.45, 7) is 6.39. The SMILES string of the molecule is C=CCSc1cccc(OCC)c1. The minimum absolute atomic E-state index is 0.718. The van der Waals surface area contributed by atoms with E-state index in [2.05, 4.69) is 18.7 Å². The fourth-order valence-electron chi connectivity index (χ4n) is 0.976. The Hall–Kier alpha value is -0.890. The second kappa shape index (κ2) is 5.70. The van der Waals surface area contributed by atoms with Crippen LogP contribution in [0.4, 0.5) is 0 Å². The van der Waals surface area contributed by atoms with Gasteiger partial charge in [0.25, 0.3) is 0 Å². The summed E-state index contributed by atoms with van der Waals surface area (Å²) in [7, 11) is 0. The minimum atomic E-state index is 0.718. The van der Waals surface area contributed by atoms with Crippen LogP contribution in [0.3, 0.4) is 0 Å². The molecule has 0 aliphatic carbocycles. The quantitative estimate of drug-likeness (QED) is 0.525. The molecule has 0 heterocycles. The molecule has 0 fully saturated rings. The smallest absolute Gasteiger partial charge is 0.120 e. The maximum atomic E-state index is 5.39. The number of hydrogen-bond acceptors (Lipinski definition) is 2. The van der Waals surface area contributed by atoms with Gasteiger partial charge in [-0.05, 0) is 25.1 Å². The second-order valence-electron chi connectivity index (χ2n) is 2.51. The summed E-state index contributed by atoms with van der Waals surface area (Å²) in [6.07, 6.45) is 1.90. The predicted molar refractivity (Wildman–Crippen MR) is 58.5 cm³/mol. The minimum Gasteiger partial charge on any atom is -0.494 e. The molecule has 0 unspecified atom stereocenters. The van der Waals surface area contributed by atoms with E-state index < -0.39 is 0 Å². The third kappa shape index (κ3) is 3.55. The molecule has 0 N–H and O–H groups in total. The summed E-state index contributed by atoms with van der Waals surface area (Å²) in [5.74, 6) is 1.88. The van der Waals surface area contributed by atoms with Gasteiger partial charge in [-0.15, -0.1) is 18.3 Å². The van der Waals surface area contributed by atoms with Gasteiger partial charge in [-0.2, -0.15) is 0 Å². The third-order valence-corrected chi connectivity index (χ3v) is 2.47. The molecule has 1 aromatic carbocycles. The Balaban J connectivity index is 2.61. The number of rotatable bonds is 5. The van der Waals surface area contributed by atoms with Crippen molar-refractivity contribution in [2.45, 2.75) is 11.8 Å². The van der Waals surface area contributed by atoms with Crippen molar-refractivity contribution in [1.29, 1.82) is 0 Å². The molecule has 0 aliphatic heterocycles. The van der Waals surface area contributed by atoms with Crippen LogP contribution < -0.4 is 4.74 Å². The highest BCUT2D eigenvalue weighted by atomic mass is 32.2. The zero-order chi connectivity index (χ0) is 9.52. The van der Waals surface area contributed by atoms with Gasteiger partial charge in [-0.1, -0.05) is 12.1 Å². The van der Waals surface area contributed by atoms with Crippen LogP contribution in [0.1, 0.15) is 6.92 Å². The van der Waals surface area contributed by atoms with Gasteiger partial charge in [0, 0.05) is 10.6 Å². The molecule has 0 aromatic heterocycles.